The van der Waals surface area contributed by atoms with Crippen molar-refractivity contribution in [3.05, 3.63) is 59.5 Å². The Kier molecular flexibility index (Phi) is 3.23. The van der Waals surface area contributed by atoms with Crippen molar-refractivity contribution in [2.24, 2.45) is 0 Å². The van der Waals surface area contributed by atoms with Gasteiger partial charge in [-0.15, -0.1) is 15.3 Å². The lowest BCUT2D eigenvalue weighted by Gasteiger charge is -2.23. The average molecular weight is 361 g/mol. The Labute approximate surface area is 153 Å². The molecule has 1 unspecified atom stereocenters. The number of anilines is 1. The predicted octanol–water partition coefficient (Wildman–Crippen LogP) is 1.80. The lowest BCUT2D eigenvalue weighted by Crippen LogP contribution is -2.24. The number of aromatic nitrogens is 6. The van der Waals surface area contributed by atoms with Crippen molar-refractivity contribution in [3.8, 4) is 11.6 Å². The largest absolute Gasteiger partial charge is 0.508 e. The number of nitrogens with one attached hydrogen (secondary N) is 1. The fourth-order valence-electron chi connectivity index (χ4n) is 3.40. The van der Waals surface area contributed by atoms with Gasteiger partial charge in [-0.25, -0.2) is 0 Å². The van der Waals surface area contributed by atoms with E-state index in [0.717, 1.165) is 11.1 Å². The molecule has 0 bridgehead atoms. The van der Waals surface area contributed by atoms with Crippen molar-refractivity contribution >= 4 is 17.4 Å². The van der Waals surface area contributed by atoms with Gasteiger partial charge in [0.05, 0.1) is 6.20 Å². The second kappa shape index (κ2) is 5.63. The van der Waals surface area contributed by atoms with Crippen molar-refractivity contribution < 1.29 is 9.90 Å². The number of aromatic hydroxyl groups is 1. The van der Waals surface area contributed by atoms with E-state index in [1.165, 1.54) is 0 Å². The van der Waals surface area contributed by atoms with E-state index in [1.54, 1.807) is 39.7 Å². The second-order valence-corrected chi connectivity index (χ2v) is 6.47. The first-order valence-corrected chi connectivity index (χ1v) is 8.46. The summed E-state index contributed by atoms with van der Waals surface area (Å²) in [5.41, 5.74) is 2.49. The van der Waals surface area contributed by atoms with Crippen LogP contribution < -0.4 is 5.32 Å². The molecule has 9 heteroatoms. The zero-order chi connectivity index (χ0) is 18.5. The minimum absolute atomic E-state index is 0.0936. The standard InChI is InChI=1S/C18H15N7O2/c1-10-21-22-15-6-7-16(23-24(10)15)25-18-14(9-19-25)13(8-17(27)20-18)11-2-4-12(26)5-3-11/h2-7,9,13,26H,8H2,1H3,(H,20,27). The third kappa shape index (κ3) is 2.43. The lowest BCUT2D eigenvalue weighted by atomic mass is 9.87. The van der Waals surface area contributed by atoms with E-state index in [-0.39, 0.29) is 17.6 Å². The van der Waals surface area contributed by atoms with E-state index < -0.39 is 0 Å². The molecule has 4 heterocycles. The van der Waals surface area contributed by atoms with Gasteiger partial charge in [-0.3, -0.25) is 4.79 Å². The van der Waals surface area contributed by atoms with E-state index in [4.69, 9.17) is 0 Å². The Hall–Kier alpha value is -3.75. The van der Waals surface area contributed by atoms with Gasteiger partial charge in [-0.05, 0) is 36.8 Å². The van der Waals surface area contributed by atoms with Crippen LogP contribution in [0.5, 0.6) is 5.75 Å². The van der Waals surface area contributed by atoms with Gasteiger partial charge in [0.15, 0.2) is 17.3 Å². The van der Waals surface area contributed by atoms with Crippen LogP contribution >= 0.6 is 0 Å². The molecule has 27 heavy (non-hydrogen) atoms. The fourth-order valence-corrected chi connectivity index (χ4v) is 3.40. The number of hydrogen-bond donors (Lipinski definition) is 2. The molecule has 2 N–H and O–H groups in total. The monoisotopic (exact) mass is 361 g/mol. The number of hydrogen-bond acceptors (Lipinski definition) is 6. The van der Waals surface area contributed by atoms with Gasteiger partial charge in [-0.1, -0.05) is 12.1 Å². The number of carbonyl (C=O) groups is 1. The molecular weight excluding hydrogens is 346 g/mol. The maximum Gasteiger partial charge on any atom is 0.226 e. The number of phenols is 1. The molecule has 0 saturated heterocycles. The van der Waals surface area contributed by atoms with Crippen molar-refractivity contribution in [1.29, 1.82) is 0 Å². The summed E-state index contributed by atoms with van der Waals surface area (Å²) in [6.45, 7) is 1.82. The summed E-state index contributed by atoms with van der Waals surface area (Å²) in [4.78, 5) is 12.3. The van der Waals surface area contributed by atoms with Crippen LogP contribution in [0.1, 0.15) is 29.3 Å². The summed E-state index contributed by atoms with van der Waals surface area (Å²) in [7, 11) is 0. The number of phenolic OH excluding ortho intramolecular Hbond substituents is 1. The fraction of sp³-hybridized carbons (Fsp3) is 0.167. The Bertz CT molecular complexity index is 1180. The first-order chi connectivity index (χ1) is 13.1. The molecule has 1 amide bonds. The number of aryl methyl sites for hydroxylation is 1. The van der Waals surface area contributed by atoms with Gasteiger partial charge in [-0.2, -0.15) is 14.3 Å². The highest BCUT2D eigenvalue weighted by molar-refractivity contribution is 5.94. The molecule has 3 aromatic heterocycles. The van der Waals surface area contributed by atoms with Gasteiger partial charge < -0.3 is 10.4 Å². The zero-order valence-electron chi connectivity index (χ0n) is 14.4. The summed E-state index contributed by atoms with van der Waals surface area (Å²) < 4.78 is 3.24. The third-order valence-corrected chi connectivity index (χ3v) is 4.74. The van der Waals surface area contributed by atoms with Crippen LogP contribution in [0.15, 0.2) is 42.6 Å². The van der Waals surface area contributed by atoms with Crippen LogP contribution in [0, 0.1) is 6.92 Å². The van der Waals surface area contributed by atoms with Crippen LogP contribution in [-0.4, -0.2) is 40.6 Å². The van der Waals surface area contributed by atoms with E-state index in [1.807, 2.05) is 19.1 Å². The summed E-state index contributed by atoms with van der Waals surface area (Å²) in [6, 6.07) is 10.5. The first-order valence-electron chi connectivity index (χ1n) is 8.46. The molecule has 1 aliphatic rings. The summed E-state index contributed by atoms with van der Waals surface area (Å²) in [5.74, 6) is 1.78. The average Bonchev–Trinajstić information content (AvgIpc) is 3.25. The number of benzene rings is 1. The van der Waals surface area contributed by atoms with E-state index in [0.29, 0.717) is 29.5 Å². The molecule has 4 aromatic rings. The number of nitrogens with zero attached hydrogens (tertiary/aromatic N) is 6. The molecular formula is C18H15N7O2. The van der Waals surface area contributed by atoms with Crippen LogP contribution in [0.4, 0.5) is 5.82 Å². The predicted molar refractivity (Wildman–Crippen MR) is 95.8 cm³/mol. The molecule has 1 aliphatic heterocycles. The summed E-state index contributed by atoms with van der Waals surface area (Å²) in [6.07, 6.45) is 2.07. The first kappa shape index (κ1) is 15.5. The van der Waals surface area contributed by atoms with Gasteiger partial charge in [0.25, 0.3) is 0 Å². The number of amides is 1. The maximum atomic E-state index is 12.3. The number of rotatable bonds is 2. The molecule has 5 rings (SSSR count). The van der Waals surface area contributed by atoms with Gasteiger partial charge in [0.2, 0.25) is 5.91 Å². The molecule has 0 spiro atoms. The van der Waals surface area contributed by atoms with Gasteiger partial charge in [0.1, 0.15) is 11.6 Å². The Balaban J connectivity index is 1.63. The van der Waals surface area contributed by atoms with Crippen molar-refractivity contribution in [1.82, 2.24) is 29.6 Å². The number of carbonyl (C=O) groups excluding carboxylic acids is 1. The SMILES string of the molecule is Cc1nnc2ccc(-n3ncc4c3NC(=O)CC4c3ccc(O)cc3)nn12. The number of fused-ring (bicyclic) bond motifs is 2. The molecule has 1 atom stereocenters. The quantitative estimate of drug-likeness (QED) is 0.563. The second-order valence-electron chi connectivity index (χ2n) is 6.47. The van der Waals surface area contributed by atoms with E-state index >= 15 is 0 Å². The molecule has 0 saturated carbocycles. The normalized spacial score (nSPS) is 16.3. The Morgan fingerprint density at radius 2 is 1.96 bits per heavy atom. The van der Waals surface area contributed by atoms with E-state index in [2.05, 4.69) is 25.7 Å². The van der Waals surface area contributed by atoms with Crippen molar-refractivity contribution in [2.45, 2.75) is 19.3 Å². The molecule has 0 fully saturated rings. The van der Waals surface area contributed by atoms with Crippen LogP contribution in [-0.2, 0) is 4.79 Å². The van der Waals surface area contributed by atoms with Crippen molar-refractivity contribution in [3.63, 3.8) is 0 Å². The lowest BCUT2D eigenvalue weighted by molar-refractivity contribution is -0.116. The highest BCUT2D eigenvalue weighted by Crippen LogP contribution is 2.38. The van der Waals surface area contributed by atoms with Crippen LogP contribution in [0.3, 0.4) is 0 Å². The van der Waals surface area contributed by atoms with Gasteiger partial charge in [0, 0.05) is 17.9 Å². The van der Waals surface area contributed by atoms with Gasteiger partial charge >= 0.3 is 0 Å². The Morgan fingerprint density at radius 1 is 1.15 bits per heavy atom. The minimum atomic E-state index is -0.136. The summed E-state index contributed by atoms with van der Waals surface area (Å²) in [5, 5.41) is 29.5. The highest BCUT2D eigenvalue weighted by Gasteiger charge is 2.30. The van der Waals surface area contributed by atoms with E-state index in [9.17, 15) is 9.90 Å². The molecule has 9 nitrogen and oxygen atoms in total. The topological polar surface area (TPSA) is 110 Å². The van der Waals surface area contributed by atoms with Crippen LogP contribution in [0.2, 0.25) is 0 Å². The minimum Gasteiger partial charge on any atom is -0.508 e. The smallest absolute Gasteiger partial charge is 0.226 e. The Morgan fingerprint density at radius 3 is 2.78 bits per heavy atom. The molecule has 134 valence electrons. The van der Waals surface area contributed by atoms with Crippen LogP contribution in [0.25, 0.3) is 11.5 Å². The highest BCUT2D eigenvalue weighted by atomic mass is 16.3. The molecule has 1 aromatic carbocycles. The zero-order valence-corrected chi connectivity index (χ0v) is 14.4. The summed E-state index contributed by atoms with van der Waals surface area (Å²) >= 11 is 0. The maximum absolute atomic E-state index is 12.3. The molecule has 0 radical (unpaired) electrons. The van der Waals surface area contributed by atoms with Crippen molar-refractivity contribution in [2.75, 3.05) is 5.32 Å². The third-order valence-electron chi connectivity index (χ3n) is 4.74. The molecule has 0 aliphatic carbocycles.